The second kappa shape index (κ2) is 10.2. The lowest BCUT2D eigenvalue weighted by Gasteiger charge is -2.20. The van der Waals surface area contributed by atoms with E-state index >= 15 is 0 Å². The zero-order valence-electron chi connectivity index (χ0n) is 16.9. The van der Waals surface area contributed by atoms with Crippen LogP contribution in [0.15, 0.2) is 47.5 Å². The normalized spacial score (nSPS) is 22.0. The van der Waals surface area contributed by atoms with Crippen molar-refractivity contribution in [3.63, 3.8) is 0 Å². The van der Waals surface area contributed by atoms with Crippen molar-refractivity contribution in [1.82, 2.24) is 4.90 Å². The Labute approximate surface area is 199 Å². The van der Waals surface area contributed by atoms with Crippen LogP contribution in [0.4, 0.5) is 15.8 Å². The molecule has 0 spiro atoms. The van der Waals surface area contributed by atoms with Gasteiger partial charge < -0.3 is 10.1 Å². The summed E-state index contributed by atoms with van der Waals surface area (Å²) in [6.07, 6.45) is 1.60. The van der Waals surface area contributed by atoms with Crippen molar-refractivity contribution in [3.8, 4) is 0 Å². The predicted molar refractivity (Wildman–Crippen MR) is 125 cm³/mol. The quantitative estimate of drug-likeness (QED) is 0.592. The maximum Gasteiger partial charge on any atom is 0.242 e. The second-order valence-electron chi connectivity index (χ2n) is 7.42. The molecule has 1 N–H and O–H groups in total. The molecule has 0 aliphatic carbocycles. The number of hydrogen-bond donors (Lipinski definition) is 1. The Morgan fingerprint density at radius 3 is 2.78 bits per heavy atom. The van der Waals surface area contributed by atoms with E-state index < -0.39 is 17.0 Å². The fourth-order valence-electron chi connectivity index (χ4n) is 3.48. The molecule has 0 aromatic heterocycles. The van der Waals surface area contributed by atoms with Gasteiger partial charge in [-0.05, 0) is 43.2 Å². The first-order chi connectivity index (χ1) is 15.4. The number of anilines is 1. The van der Waals surface area contributed by atoms with Crippen molar-refractivity contribution in [2.45, 2.75) is 30.6 Å². The van der Waals surface area contributed by atoms with Gasteiger partial charge in [-0.3, -0.25) is 14.5 Å². The average Bonchev–Trinajstić information content (AvgIpc) is 3.37. The summed E-state index contributed by atoms with van der Waals surface area (Å²) in [6, 6.07) is 10.8. The Kier molecular flexibility index (Phi) is 7.35. The van der Waals surface area contributed by atoms with Gasteiger partial charge in [0.2, 0.25) is 11.8 Å². The van der Waals surface area contributed by atoms with Crippen LogP contribution in [0.1, 0.15) is 19.3 Å². The Morgan fingerprint density at radius 1 is 1.25 bits per heavy atom. The summed E-state index contributed by atoms with van der Waals surface area (Å²) < 4.78 is 19.5. The standard InChI is InChI=1S/C22H20Cl2FN3O3S/c23-15-8-7-13(10-16(15)24)26-22-28(12-14-4-3-9-31-14)21(30)19(32-22)11-20(29)27-18-6-2-1-5-17(18)25/h1-2,5-8,10,14,19H,3-4,9,11-12H2,(H,27,29). The number of carbonyl (C=O) groups is 2. The SMILES string of the molecule is O=C(CC1SC(=Nc2ccc(Cl)c(Cl)c2)N(CC2CCCO2)C1=O)Nc1ccccc1F. The van der Waals surface area contributed by atoms with Gasteiger partial charge in [0.25, 0.3) is 0 Å². The number of benzene rings is 2. The smallest absolute Gasteiger partial charge is 0.242 e. The van der Waals surface area contributed by atoms with Crippen LogP contribution in [0.3, 0.4) is 0 Å². The molecule has 0 bridgehead atoms. The molecule has 4 rings (SSSR count). The van der Waals surface area contributed by atoms with Crippen LogP contribution in [-0.2, 0) is 14.3 Å². The lowest BCUT2D eigenvalue weighted by molar-refractivity contribution is -0.129. The molecule has 2 fully saturated rings. The molecule has 32 heavy (non-hydrogen) atoms. The minimum Gasteiger partial charge on any atom is -0.376 e. The van der Waals surface area contributed by atoms with Gasteiger partial charge in [0, 0.05) is 13.0 Å². The number of rotatable bonds is 6. The number of nitrogens with one attached hydrogen (secondary N) is 1. The van der Waals surface area contributed by atoms with Gasteiger partial charge in [-0.25, -0.2) is 9.38 Å². The first kappa shape index (κ1) is 23.0. The van der Waals surface area contributed by atoms with Crippen molar-refractivity contribution in [3.05, 3.63) is 58.3 Å². The summed E-state index contributed by atoms with van der Waals surface area (Å²) in [5, 5.41) is 3.08. The third-order valence-corrected chi connectivity index (χ3v) is 6.99. The van der Waals surface area contributed by atoms with E-state index in [1.165, 1.54) is 30.0 Å². The molecule has 2 aromatic rings. The molecule has 2 saturated heterocycles. The number of ether oxygens (including phenoxy) is 1. The van der Waals surface area contributed by atoms with Gasteiger partial charge >= 0.3 is 0 Å². The number of para-hydroxylation sites is 1. The molecule has 2 aliphatic rings. The average molecular weight is 496 g/mol. The number of aliphatic imine (C=N–C) groups is 1. The highest BCUT2D eigenvalue weighted by atomic mass is 35.5. The van der Waals surface area contributed by atoms with Crippen molar-refractivity contribution in [2.75, 3.05) is 18.5 Å². The number of amidine groups is 1. The minimum atomic E-state index is -0.676. The minimum absolute atomic E-state index is 0.0776. The van der Waals surface area contributed by atoms with Crippen LogP contribution in [0.5, 0.6) is 0 Å². The summed E-state index contributed by atoms with van der Waals surface area (Å²) in [6.45, 7) is 1.02. The molecule has 2 amide bonds. The van der Waals surface area contributed by atoms with E-state index in [4.69, 9.17) is 27.9 Å². The second-order valence-corrected chi connectivity index (χ2v) is 9.40. The number of nitrogens with zero attached hydrogens (tertiary/aromatic N) is 2. The molecule has 0 saturated carbocycles. The molecule has 2 unspecified atom stereocenters. The number of amides is 2. The third kappa shape index (κ3) is 5.43. The zero-order chi connectivity index (χ0) is 22.7. The van der Waals surface area contributed by atoms with E-state index in [9.17, 15) is 14.0 Å². The number of carbonyl (C=O) groups excluding carboxylic acids is 2. The van der Waals surface area contributed by atoms with Gasteiger partial charge in [0.15, 0.2) is 5.17 Å². The molecule has 168 valence electrons. The zero-order valence-corrected chi connectivity index (χ0v) is 19.2. The van der Waals surface area contributed by atoms with Crippen LogP contribution in [0.2, 0.25) is 10.0 Å². The van der Waals surface area contributed by atoms with Crippen LogP contribution in [-0.4, -0.2) is 46.4 Å². The summed E-state index contributed by atoms with van der Waals surface area (Å²) >= 11 is 13.3. The monoisotopic (exact) mass is 495 g/mol. The number of hydrogen-bond acceptors (Lipinski definition) is 5. The first-order valence-electron chi connectivity index (χ1n) is 10.1. The molecule has 2 heterocycles. The van der Waals surface area contributed by atoms with Crippen LogP contribution in [0, 0.1) is 5.82 Å². The molecule has 2 aliphatic heterocycles. The lowest BCUT2D eigenvalue weighted by Crippen LogP contribution is -2.38. The van der Waals surface area contributed by atoms with E-state index in [1.54, 1.807) is 29.2 Å². The van der Waals surface area contributed by atoms with Gasteiger partial charge in [-0.15, -0.1) is 0 Å². The molecule has 2 aromatic carbocycles. The number of thioether (sulfide) groups is 1. The molecule has 10 heteroatoms. The molecular weight excluding hydrogens is 476 g/mol. The highest BCUT2D eigenvalue weighted by Crippen LogP contribution is 2.34. The highest BCUT2D eigenvalue weighted by Gasteiger charge is 2.40. The van der Waals surface area contributed by atoms with Crippen molar-refractivity contribution >= 4 is 63.3 Å². The largest absolute Gasteiger partial charge is 0.376 e. The predicted octanol–water partition coefficient (Wildman–Crippen LogP) is 5.27. The maximum atomic E-state index is 13.8. The van der Waals surface area contributed by atoms with E-state index in [-0.39, 0.29) is 24.1 Å². The summed E-state index contributed by atoms with van der Waals surface area (Å²) in [4.78, 5) is 31.8. The lowest BCUT2D eigenvalue weighted by atomic mass is 10.2. The molecule has 0 radical (unpaired) electrons. The summed E-state index contributed by atoms with van der Waals surface area (Å²) in [5.74, 6) is -1.21. The van der Waals surface area contributed by atoms with Gasteiger partial charge in [0.05, 0.1) is 34.1 Å². The van der Waals surface area contributed by atoms with Crippen LogP contribution >= 0.6 is 35.0 Å². The fourth-order valence-corrected chi connectivity index (χ4v) is 4.94. The molecule has 6 nitrogen and oxygen atoms in total. The van der Waals surface area contributed by atoms with E-state index in [1.807, 2.05) is 0 Å². The van der Waals surface area contributed by atoms with Crippen molar-refractivity contribution in [2.24, 2.45) is 4.99 Å². The van der Waals surface area contributed by atoms with Gasteiger partial charge in [-0.2, -0.15) is 0 Å². The van der Waals surface area contributed by atoms with Gasteiger partial charge in [-0.1, -0.05) is 47.1 Å². The topological polar surface area (TPSA) is 71.0 Å². The molecule has 2 atom stereocenters. The maximum absolute atomic E-state index is 13.8. The Hall–Kier alpha value is -2.13. The summed E-state index contributed by atoms with van der Waals surface area (Å²) in [5.41, 5.74) is 0.623. The van der Waals surface area contributed by atoms with E-state index in [2.05, 4.69) is 10.3 Å². The number of halogens is 3. The Balaban J connectivity index is 1.52. The fraction of sp³-hybridized carbons (Fsp3) is 0.318. The van der Waals surface area contributed by atoms with Gasteiger partial charge in [0.1, 0.15) is 11.1 Å². The molecular formula is C22H20Cl2FN3O3S. The van der Waals surface area contributed by atoms with E-state index in [0.29, 0.717) is 34.1 Å². The highest BCUT2D eigenvalue weighted by molar-refractivity contribution is 8.15. The first-order valence-corrected chi connectivity index (χ1v) is 11.7. The van der Waals surface area contributed by atoms with E-state index in [0.717, 1.165) is 12.8 Å². The van der Waals surface area contributed by atoms with Crippen molar-refractivity contribution < 1.29 is 18.7 Å². The Morgan fingerprint density at radius 2 is 2.06 bits per heavy atom. The van der Waals surface area contributed by atoms with Crippen LogP contribution in [0.25, 0.3) is 0 Å². The summed E-state index contributed by atoms with van der Waals surface area (Å²) in [7, 11) is 0. The third-order valence-electron chi connectivity index (χ3n) is 5.08. The Bertz CT molecular complexity index is 1060. The van der Waals surface area contributed by atoms with Crippen molar-refractivity contribution in [1.29, 1.82) is 0 Å². The van der Waals surface area contributed by atoms with Crippen LogP contribution < -0.4 is 5.32 Å².